The molecule has 0 unspecified atom stereocenters. The number of para-hydroxylation sites is 1. The summed E-state index contributed by atoms with van der Waals surface area (Å²) in [5, 5.41) is 10.8. The van der Waals surface area contributed by atoms with Crippen LogP contribution in [0, 0.1) is 0 Å². The minimum atomic E-state index is -0.340. The van der Waals surface area contributed by atoms with Gasteiger partial charge >= 0.3 is 0 Å². The van der Waals surface area contributed by atoms with Gasteiger partial charge in [0.2, 0.25) is 11.8 Å². The standard InChI is InChI=1S/C21H26N4O4/c1-22-19(26)13-23-14-20(27)25-18-6-4-3-5-17(18)21(28)24-12-11-15-7-9-16(29-2)10-8-15/h3-10,23H,11-14H2,1-2H3,(H,22,26)(H,24,28)(H,25,27). The van der Waals surface area contributed by atoms with Crippen molar-refractivity contribution in [1.82, 2.24) is 16.0 Å². The molecule has 4 N–H and O–H groups in total. The van der Waals surface area contributed by atoms with Crippen LogP contribution in [0.5, 0.6) is 5.75 Å². The van der Waals surface area contributed by atoms with Crippen LogP contribution in [0.25, 0.3) is 0 Å². The summed E-state index contributed by atoms with van der Waals surface area (Å²) in [5.41, 5.74) is 1.87. The van der Waals surface area contributed by atoms with Crippen molar-refractivity contribution in [3.8, 4) is 5.75 Å². The maximum absolute atomic E-state index is 12.5. The van der Waals surface area contributed by atoms with Gasteiger partial charge in [0.05, 0.1) is 31.5 Å². The molecule has 0 radical (unpaired) electrons. The lowest BCUT2D eigenvalue weighted by atomic mass is 10.1. The summed E-state index contributed by atoms with van der Waals surface area (Å²) in [7, 11) is 3.14. The molecule has 0 saturated carbocycles. The third kappa shape index (κ3) is 7.27. The van der Waals surface area contributed by atoms with E-state index >= 15 is 0 Å². The summed E-state index contributed by atoms with van der Waals surface area (Å²) in [5.74, 6) is -0.0400. The zero-order valence-corrected chi connectivity index (χ0v) is 16.6. The van der Waals surface area contributed by atoms with Gasteiger partial charge in [-0.15, -0.1) is 0 Å². The molecule has 8 nitrogen and oxygen atoms in total. The second-order valence-electron chi connectivity index (χ2n) is 6.22. The number of ether oxygens (including phenoxy) is 1. The Kier molecular flexibility index (Phi) is 8.65. The van der Waals surface area contributed by atoms with Crippen LogP contribution in [0.4, 0.5) is 5.69 Å². The zero-order valence-electron chi connectivity index (χ0n) is 16.6. The number of anilines is 1. The van der Waals surface area contributed by atoms with E-state index in [1.54, 1.807) is 31.4 Å². The Morgan fingerprint density at radius 2 is 1.62 bits per heavy atom. The third-order valence-electron chi connectivity index (χ3n) is 4.15. The van der Waals surface area contributed by atoms with E-state index in [0.717, 1.165) is 11.3 Å². The van der Waals surface area contributed by atoms with Gasteiger partial charge in [-0.25, -0.2) is 0 Å². The summed E-state index contributed by atoms with van der Waals surface area (Å²) in [6, 6.07) is 14.4. The van der Waals surface area contributed by atoms with Crippen molar-refractivity contribution < 1.29 is 19.1 Å². The molecule has 0 bridgehead atoms. The molecule has 0 aromatic heterocycles. The van der Waals surface area contributed by atoms with E-state index in [4.69, 9.17) is 4.74 Å². The molecule has 2 aromatic rings. The van der Waals surface area contributed by atoms with Crippen molar-refractivity contribution in [2.24, 2.45) is 0 Å². The first kappa shape index (κ1) is 21.9. The molecule has 8 heteroatoms. The highest BCUT2D eigenvalue weighted by atomic mass is 16.5. The Morgan fingerprint density at radius 3 is 2.31 bits per heavy atom. The molecule has 0 aliphatic carbocycles. The number of hydrogen-bond donors (Lipinski definition) is 4. The van der Waals surface area contributed by atoms with E-state index < -0.39 is 0 Å². The first-order chi connectivity index (χ1) is 14.0. The quantitative estimate of drug-likeness (QED) is 0.476. The smallest absolute Gasteiger partial charge is 0.253 e. The van der Waals surface area contributed by atoms with Gasteiger partial charge in [-0.3, -0.25) is 19.7 Å². The van der Waals surface area contributed by atoms with Gasteiger partial charge in [-0.2, -0.15) is 0 Å². The van der Waals surface area contributed by atoms with E-state index in [0.29, 0.717) is 24.2 Å². The van der Waals surface area contributed by atoms with Gasteiger partial charge < -0.3 is 20.7 Å². The fourth-order valence-electron chi connectivity index (χ4n) is 2.57. The van der Waals surface area contributed by atoms with E-state index in [1.165, 1.54) is 7.05 Å². The average Bonchev–Trinajstić information content (AvgIpc) is 2.74. The maximum Gasteiger partial charge on any atom is 0.253 e. The summed E-state index contributed by atoms with van der Waals surface area (Å²) in [6.07, 6.45) is 0.674. The van der Waals surface area contributed by atoms with Crippen molar-refractivity contribution in [3.05, 3.63) is 59.7 Å². The molecule has 0 fully saturated rings. The summed E-state index contributed by atoms with van der Waals surface area (Å²) in [4.78, 5) is 35.8. The SMILES string of the molecule is CNC(=O)CNCC(=O)Nc1ccccc1C(=O)NCCc1ccc(OC)cc1. The second-order valence-corrected chi connectivity index (χ2v) is 6.22. The fraction of sp³-hybridized carbons (Fsp3) is 0.286. The Hall–Kier alpha value is -3.39. The number of hydrogen-bond acceptors (Lipinski definition) is 5. The Labute approximate surface area is 170 Å². The van der Waals surface area contributed by atoms with Crippen LogP contribution >= 0.6 is 0 Å². The van der Waals surface area contributed by atoms with Gasteiger partial charge in [0.15, 0.2) is 0 Å². The highest BCUT2D eigenvalue weighted by Gasteiger charge is 2.13. The number of carbonyl (C=O) groups excluding carboxylic acids is 3. The minimum absolute atomic E-state index is 0.0391. The van der Waals surface area contributed by atoms with E-state index in [2.05, 4.69) is 21.3 Å². The van der Waals surface area contributed by atoms with Gasteiger partial charge in [0, 0.05) is 13.6 Å². The van der Waals surface area contributed by atoms with Crippen LogP contribution in [-0.2, 0) is 16.0 Å². The number of carbonyl (C=O) groups is 3. The molecular weight excluding hydrogens is 372 g/mol. The fourth-order valence-corrected chi connectivity index (χ4v) is 2.57. The lowest BCUT2D eigenvalue weighted by Crippen LogP contribution is -2.36. The number of rotatable bonds is 10. The monoisotopic (exact) mass is 398 g/mol. The molecule has 0 heterocycles. The second kappa shape index (κ2) is 11.5. The molecule has 2 rings (SSSR count). The number of amides is 3. The lowest BCUT2D eigenvalue weighted by Gasteiger charge is -2.12. The van der Waals surface area contributed by atoms with Gasteiger partial charge in [0.1, 0.15) is 5.75 Å². The number of likely N-dealkylation sites (N-methyl/N-ethyl adjacent to an activating group) is 1. The first-order valence-corrected chi connectivity index (χ1v) is 9.24. The Morgan fingerprint density at radius 1 is 0.931 bits per heavy atom. The van der Waals surface area contributed by atoms with Crippen molar-refractivity contribution >= 4 is 23.4 Å². The minimum Gasteiger partial charge on any atom is -0.497 e. The van der Waals surface area contributed by atoms with Gasteiger partial charge in [0.25, 0.3) is 5.91 Å². The predicted molar refractivity (Wildman–Crippen MR) is 111 cm³/mol. The molecule has 0 saturated heterocycles. The average molecular weight is 398 g/mol. The van der Waals surface area contributed by atoms with Crippen LogP contribution in [0.2, 0.25) is 0 Å². The van der Waals surface area contributed by atoms with E-state index in [1.807, 2.05) is 24.3 Å². The highest BCUT2D eigenvalue weighted by molar-refractivity contribution is 6.04. The normalized spacial score (nSPS) is 10.1. The summed E-state index contributed by atoms with van der Waals surface area (Å²) >= 11 is 0. The highest BCUT2D eigenvalue weighted by Crippen LogP contribution is 2.15. The number of nitrogens with one attached hydrogen (secondary N) is 4. The van der Waals surface area contributed by atoms with Crippen LogP contribution in [0.3, 0.4) is 0 Å². The van der Waals surface area contributed by atoms with Crippen molar-refractivity contribution in [3.63, 3.8) is 0 Å². The Bertz CT molecular complexity index is 837. The molecular formula is C21H26N4O4. The van der Waals surface area contributed by atoms with Crippen LogP contribution in [0.15, 0.2) is 48.5 Å². The Balaban J connectivity index is 1.86. The molecule has 3 amide bonds. The van der Waals surface area contributed by atoms with Crippen molar-refractivity contribution in [1.29, 1.82) is 0 Å². The van der Waals surface area contributed by atoms with Crippen LogP contribution < -0.4 is 26.0 Å². The zero-order chi connectivity index (χ0) is 21.1. The molecule has 0 aliphatic rings. The lowest BCUT2D eigenvalue weighted by molar-refractivity contribution is -0.120. The first-order valence-electron chi connectivity index (χ1n) is 9.24. The molecule has 0 aliphatic heterocycles. The van der Waals surface area contributed by atoms with E-state index in [-0.39, 0.29) is 30.8 Å². The van der Waals surface area contributed by atoms with E-state index in [9.17, 15) is 14.4 Å². The number of benzene rings is 2. The molecule has 154 valence electrons. The van der Waals surface area contributed by atoms with Crippen LogP contribution in [0.1, 0.15) is 15.9 Å². The van der Waals surface area contributed by atoms with Crippen molar-refractivity contribution in [2.45, 2.75) is 6.42 Å². The summed E-state index contributed by atoms with van der Waals surface area (Å²) < 4.78 is 5.13. The summed E-state index contributed by atoms with van der Waals surface area (Å²) in [6.45, 7) is 0.458. The largest absolute Gasteiger partial charge is 0.497 e. The molecule has 0 atom stereocenters. The maximum atomic E-state index is 12.5. The van der Waals surface area contributed by atoms with Crippen LogP contribution in [-0.4, -0.2) is 51.5 Å². The van der Waals surface area contributed by atoms with Crippen molar-refractivity contribution in [2.75, 3.05) is 39.1 Å². The topological polar surface area (TPSA) is 109 Å². The molecule has 0 spiro atoms. The number of methoxy groups -OCH3 is 1. The molecule has 29 heavy (non-hydrogen) atoms. The predicted octanol–water partition coefficient (Wildman–Crippen LogP) is 0.942. The third-order valence-corrected chi connectivity index (χ3v) is 4.15. The van der Waals surface area contributed by atoms with Gasteiger partial charge in [-0.05, 0) is 36.2 Å². The van der Waals surface area contributed by atoms with Gasteiger partial charge in [-0.1, -0.05) is 24.3 Å². The molecule has 2 aromatic carbocycles.